The molecule has 2 fully saturated rings. The Morgan fingerprint density at radius 2 is 1.80 bits per heavy atom. The van der Waals surface area contributed by atoms with E-state index < -0.39 is 0 Å². The van der Waals surface area contributed by atoms with Crippen molar-refractivity contribution in [3.63, 3.8) is 0 Å². The van der Waals surface area contributed by atoms with Gasteiger partial charge in [0, 0.05) is 43.8 Å². The van der Waals surface area contributed by atoms with Crippen LogP contribution >= 0.6 is 0 Å². The Kier molecular flexibility index (Phi) is 6.39. The first-order chi connectivity index (χ1) is 14.4. The van der Waals surface area contributed by atoms with E-state index in [1.165, 1.54) is 43.0 Å². The molecule has 0 unspecified atom stereocenters. The number of piperazine rings is 1. The average molecular weight is 416 g/mol. The van der Waals surface area contributed by atoms with Crippen molar-refractivity contribution in [2.45, 2.75) is 58.0 Å². The fourth-order valence-corrected chi connectivity index (χ4v) is 4.73. The summed E-state index contributed by atoms with van der Waals surface area (Å²) in [6, 6.07) is 5.63. The molecule has 2 aliphatic rings. The molecule has 1 aliphatic carbocycles. The quantitative estimate of drug-likeness (QED) is 0.744. The highest BCUT2D eigenvalue weighted by molar-refractivity contribution is 5.37. The predicted molar refractivity (Wildman–Crippen MR) is 115 cm³/mol. The Morgan fingerprint density at radius 1 is 1.07 bits per heavy atom. The maximum Gasteiger partial charge on any atom is 0.167 e. The van der Waals surface area contributed by atoms with E-state index in [9.17, 15) is 4.39 Å². The van der Waals surface area contributed by atoms with Crippen molar-refractivity contribution in [2.24, 2.45) is 5.92 Å². The molecule has 1 aliphatic heterocycles. The lowest BCUT2D eigenvalue weighted by Crippen LogP contribution is -2.56. The average Bonchev–Trinajstić information content (AvgIpc) is 3.28. The van der Waals surface area contributed by atoms with Crippen LogP contribution in [0.1, 0.15) is 46.5 Å². The van der Waals surface area contributed by atoms with Gasteiger partial charge < -0.3 is 4.74 Å². The van der Waals surface area contributed by atoms with E-state index in [1.54, 1.807) is 18.5 Å². The van der Waals surface area contributed by atoms with Gasteiger partial charge in [0.2, 0.25) is 0 Å². The van der Waals surface area contributed by atoms with E-state index in [0.29, 0.717) is 30.0 Å². The van der Waals surface area contributed by atoms with Crippen LogP contribution in [0.2, 0.25) is 0 Å². The lowest BCUT2D eigenvalue weighted by Gasteiger charge is -2.46. The molecule has 1 saturated carbocycles. The third kappa shape index (κ3) is 5.01. The first kappa shape index (κ1) is 21.2. The first-order valence-electron chi connectivity index (χ1n) is 11.2. The maximum absolute atomic E-state index is 14.4. The summed E-state index contributed by atoms with van der Waals surface area (Å²) < 4.78 is 21.8. The fourth-order valence-electron chi connectivity index (χ4n) is 4.73. The Balaban J connectivity index is 1.22. The number of ether oxygens (including phenoxy) is 1. The Morgan fingerprint density at radius 3 is 2.40 bits per heavy atom. The number of nitrogens with zero attached hydrogens (tertiary/aromatic N) is 5. The highest BCUT2D eigenvalue weighted by atomic mass is 19.1. The number of halogens is 1. The lowest BCUT2D eigenvalue weighted by atomic mass is 9.85. The van der Waals surface area contributed by atoms with Crippen LogP contribution in [0.25, 0.3) is 5.69 Å². The maximum atomic E-state index is 14.4. The molecule has 30 heavy (non-hydrogen) atoms. The van der Waals surface area contributed by atoms with Crippen LogP contribution in [-0.4, -0.2) is 68.9 Å². The van der Waals surface area contributed by atoms with Gasteiger partial charge in [-0.3, -0.25) is 9.80 Å². The van der Waals surface area contributed by atoms with E-state index in [2.05, 4.69) is 40.7 Å². The number of hydrogen-bond donors (Lipinski definition) is 0. The Bertz CT molecular complexity index is 803. The largest absolute Gasteiger partial charge is 0.490 e. The van der Waals surface area contributed by atoms with E-state index in [4.69, 9.17) is 4.74 Å². The zero-order valence-corrected chi connectivity index (χ0v) is 18.4. The van der Waals surface area contributed by atoms with Crippen LogP contribution in [0, 0.1) is 11.7 Å². The lowest BCUT2D eigenvalue weighted by molar-refractivity contribution is 0.0263. The second-order valence-electron chi connectivity index (χ2n) is 9.63. The molecule has 0 radical (unpaired) electrons. The molecule has 0 spiro atoms. The summed E-state index contributed by atoms with van der Waals surface area (Å²) in [6.45, 7) is 12.2. The highest BCUT2D eigenvalue weighted by Gasteiger charge is 2.31. The minimum atomic E-state index is -0.353. The first-order valence-corrected chi connectivity index (χ1v) is 11.2. The molecule has 0 amide bonds. The molecule has 1 aromatic carbocycles. The molecular formula is C23H34FN5O. The Labute approximate surface area is 179 Å². The van der Waals surface area contributed by atoms with Crippen molar-refractivity contribution < 1.29 is 9.13 Å². The predicted octanol–water partition coefficient (Wildman–Crippen LogP) is 3.76. The summed E-state index contributed by atoms with van der Waals surface area (Å²) in [5.41, 5.74) is 0.911. The fraction of sp³-hybridized carbons (Fsp3) is 0.652. The van der Waals surface area contributed by atoms with Gasteiger partial charge in [-0.2, -0.15) is 5.10 Å². The molecule has 0 atom stereocenters. The minimum absolute atomic E-state index is 0.268. The van der Waals surface area contributed by atoms with Crippen molar-refractivity contribution in [3.8, 4) is 11.4 Å². The standard InChI is InChI=1S/C23H34FN5O/c1-23(2,3)28-12-10-27(11-13-28)19-6-4-18(5-7-19)15-30-22-9-8-20(14-21(22)24)29-17-25-16-26-29/h8-9,14,16-19H,4-7,10-13,15H2,1-3H3/t18-,19-. The van der Waals surface area contributed by atoms with E-state index in [0.717, 1.165) is 25.9 Å². The topological polar surface area (TPSA) is 46.4 Å². The van der Waals surface area contributed by atoms with Crippen LogP contribution in [0.5, 0.6) is 5.75 Å². The summed E-state index contributed by atoms with van der Waals surface area (Å²) in [4.78, 5) is 9.17. The molecule has 0 bridgehead atoms. The zero-order valence-electron chi connectivity index (χ0n) is 18.4. The zero-order chi connectivity index (χ0) is 21.1. The number of rotatable bonds is 5. The van der Waals surface area contributed by atoms with Gasteiger partial charge >= 0.3 is 0 Å². The molecule has 6 nitrogen and oxygen atoms in total. The summed E-state index contributed by atoms with van der Waals surface area (Å²) >= 11 is 0. The molecule has 1 saturated heterocycles. The van der Waals surface area contributed by atoms with Gasteiger partial charge in [0.25, 0.3) is 0 Å². The van der Waals surface area contributed by atoms with Crippen molar-refractivity contribution >= 4 is 0 Å². The van der Waals surface area contributed by atoms with Gasteiger partial charge in [0.1, 0.15) is 12.7 Å². The van der Waals surface area contributed by atoms with Gasteiger partial charge in [-0.05, 0) is 64.5 Å². The van der Waals surface area contributed by atoms with Crippen molar-refractivity contribution in [3.05, 3.63) is 36.7 Å². The van der Waals surface area contributed by atoms with Crippen molar-refractivity contribution in [1.82, 2.24) is 24.6 Å². The minimum Gasteiger partial charge on any atom is -0.490 e. The molecule has 164 valence electrons. The van der Waals surface area contributed by atoms with Gasteiger partial charge in [-0.15, -0.1) is 0 Å². The van der Waals surface area contributed by atoms with Crippen LogP contribution in [0.3, 0.4) is 0 Å². The molecule has 2 aromatic rings. The summed E-state index contributed by atoms with van der Waals surface area (Å²) in [6.07, 6.45) is 7.74. The number of benzene rings is 1. The second kappa shape index (κ2) is 9.02. The third-order valence-corrected chi connectivity index (χ3v) is 6.67. The third-order valence-electron chi connectivity index (χ3n) is 6.67. The SMILES string of the molecule is CC(C)(C)N1CCN([C@H]2CC[C@H](COc3ccc(-n4cncn4)cc3F)CC2)CC1. The monoisotopic (exact) mass is 415 g/mol. The molecule has 0 N–H and O–H groups in total. The van der Waals surface area contributed by atoms with E-state index >= 15 is 0 Å². The van der Waals surface area contributed by atoms with Crippen molar-refractivity contribution in [1.29, 1.82) is 0 Å². The summed E-state index contributed by atoms with van der Waals surface area (Å²) in [7, 11) is 0. The highest BCUT2D eigenvalue weighted by Crippen LogP contribution is 2.30. The van der Waals surface area contributed by atoms with E-state index in [-0.39, 0.29) is 11.4 Å². The van der Waals surface area contributed by atoms with Crippen LogP contribution < -0.4 is 4.74 Å². The van der Waals surface area contributed by atoms with E-state index in [1.807, 2.05) is 0 Å². The molecule has 1 aromatic heterocycles. The number of aromatic nitrogens is 3. The normalized spacial score (nSPS) is 24.1. The molecule has 4 rings (SSSR count). The van der Waals surface area contributed by atoms with Gasteiger partial charge in [-0.25, -0.2) is 14.1 Å². The Hall–Kier alpha value is -1.99. The van der Waals surface area contributed by atoms with Gasteiger partial charge in [0.05, 0.1) is 12.3 Å². The van der Waals surface area contributed by atoms with Crippen LogP contribution in [0.4, 0.5) is 4.39 Å². The van der Waals surface area contributed by atoms with Gasteiger partial charge in [0.15, 0.2) is 11.6 Å². The van der Waals surface area contributed by atoms with Crippen LogP contribution in [0.15, 0.2) is 30.9 Å². The molecule has 2 heterocycles. The van der Waals surface area contributed by atoms with Crippen LogP contribution in [-0.2, 0) is 0 Å². The van der Waals surface area contributed by atoms with Gasteiger partial charge in [-0.1, -0.05) is 0 Å². The summed E-state index contributed by atoms with van der Waals surface area (Å²) in [5.74, 6) is 0.471. The second-order valence-corrected chi connectivity index (χ2v) is 9.63. The molecular weight excluding hydrogens is 381 g/mol. The molecule has 7 heteroatoms. The number of hydrogen-bond acceptors (Lipinski definition) is 5. The smallest absolute Gasteiger partial charge is 0.167 e. The summed E-state index contributed by atoms with van der Waals surface area (Å²) in [5, 5.41) is 4.03. The van der Waals surface area contributed by atoms with Crippen molar-refractivity contribution in [2.75, 3.05) is 32.8 Å².